The zero-order valence-corrected chi connectivity index (χ0v) is 15.1. The number of hydrogen-bond donors (Lipinski definition) is 1. The van der Waals surface area contributed by atoms with Gasteiger partial charge in [-0.05, 0) is 54.5 Å². The van der Waals surface area contributed by atoms with Gasteiger partial charge in [0.05, 0.1) is 14.2 Å². The van der Waals surface area contributed by atoms with Crippen molar-refractivity contribution in [3.63, 3.8) is 0 Å². The molecule has 0 spiro atoms. The molecule has 0 saturated heterocycles. The van der Waals surface area contributed by atoms with E-state index in [1.54, 1.807) is 14.2 Å². The molecule has 2 aromatic rings. The highest BCUT2D eigenvalue weighted by molar-refractivity contribution is 5.77. The summed E-state index contributed by atoms with van der Waals surface area (Å²) in [5.74, 6) is 1.82. The second kappa shape index (κ2) is 7.60. The Labute approximate surface area is 149 Å². The van der Waals surface area contributed by atoms with E-state index in [1.165, 1.54) is 16.7 Å². The highest BCUT2D eigenvalue weighted by Gasteiger charge is 2.26. The van der Waals surface area contributed by atoms with Crippen molar-refractivity contribution in [3.05, 3.63) is 58.7 Å². The summed E-state index contributed by atoms with van der Waals surface area (Å²) in [7, 11) is 3.29. The number of ether oxygens (including phenoxy) is 2. The third-order valence-corrected chi connectivity index (χ3v) is 4.89. The number of fused-ring (bicyclic) bond motifs is 1. The van der Waals surface area contributed by atoms with Crippen LogP contribution in [0.4, 0.5) is 0 Å². The van der Waals surface area contributed by atoms with E-state index in [2.05, 4.69) is 36.5 Å². The first-order chi connectivity index (χ1) is 12.1. The average Bonchev–Trinajstić information content (AvgIpc) is 3.01. The summed E-state index contributed by atoms with van der Waals surface area (Å²) in [6.45, 7) is 2.63. The standard InChI is InChI=1S/C21H25NO3/c1-14-4-6-15(7-5-14)13-22-21(23)11-17-9-8-16-10-19(24-2)20(25-3)12-18(16)17/h4-7,10,12,17H,8-9,11,13H2,1-3H3,(H,22,23). The minimum absolute atomic E-state index is 0.0909. The smallest absolute Gasteiger partial charge is 0.220 e. The van der Waals surface area contributed by atoms with E-state index in [4.69, 9.17) is 9.47 Å². The summed E-state index contributed by atoms with van der Waals surface area (Å²) in [5.41, 5.74) is 4.82. The molecule has 1 N–H and O–H groups in total. The van der Waals surface area contributed by atoms with E-state index in [0.717, 1.165) is 29.9 Å². The molecule has 1 atom stereocenters. The summed E-state index contributed by atoms with van der Waals surface area (Å²) in [4.78, 5) is 12.4. The fourth-order valence-corrected chi connectivity index (χ4v) is 3.43. The Balaban J connectivity index is 1.63. The molecule has 1 aliphatic carbocycles. The van der Waals surface area contributed by atoms with Crippen LogP contribution in [0.15, 0.2) is 36.4 Å². The van der Waals surface area contributed by atoms with E-state index >= 15 is 0 Å². The van der Waals surface area contributed by atoms with Gasteiger partial charge in [-0.1, -0.05) is 29.8 Å². The Hall–Kier alpha value is -2.49. The molecular formula is C21H25NO3. The highest BCUT2D eigenvalue weighted by atomic mass is 16.5. The van der Waals surface area contributed by atoms with Gasteiger partial charge in [0, 0.05) is 13.0 Å². The van der Waals surface area contributed by atoms with Crippen molar-refractivity contribution in [2.45, 2.75) is 38.6 Å². The Morgan fingerprint density at radius 2 is 1.80 bits per heavy atom. The van der Waals surface area contributed by atoms with Gasteiger partial charge >= 0.3 is 0 Å². The maximum atomic E-state index is 12.4. The molecule has 25 heavy (non-hydrogen) atoms. The van der Waals surface area contributed by atoms with Crippen molar-refractivity contribution in [2.24, 2.45) is 0 Å². The number of carbonyl (C=O) groups excluding carboxylic acids is 1. The fraction of sp³-hybridized carbons (Fsp3) is 0.381. The van der Waals surface area contributed by atoms with Gasteiger partial charge in [-0.25, -0.2) is 0 Å². The number of benzene rings is 2. The first-order valence-electron chi connectivity index (χ1n) is 8.67. The van der Waals surface area contributed by atoms with Crippen LogP contribution in [0.1, 0.15) is 41.0 Å². The second-order valence-electron chi connectivity index (χ2n) is 6.61. The van der Waals surface area contributed by atoms with Crippen LogP contribution in [0.2, 0.25) is 0 Å². The van der Waals surface area contributed by atoms with Crippen LogP contribution >= 0.6 is 0 Å². The normalized spacial score (nSPS) is 15.6. The molecule has 132 valence electrons. The lowest BCUT2D eigenvalue weighted by atomic mass is 9.97. The van der Waals surface area contributed by atoms with Gasteiger partial charge in [0.1, 0.15) is 0 Å². The number of rotatable bonds is 6. The zero-order chi connectivity index (χ0) is 17.8. The number of methoxy groups -OCH3 is 2. The number of nitrogens with one attached hydrogen (secondary N) is 1. The molecule has 1 unspecified atom stereocenters. The molecule has 0 saturated carbocycles. The molecule has 2 aromatic carbocycles. The van der Waals surface area contributed by atoms with Crippen LogP contribution in [0.25, 0.3) is 0 Å². The van der Waals surface area contributed by atoms with E-state index in [9.17, 15) is 4.79 Å². The number of amides is 1. The van der Waals surface area contributed by atoms with E-state index in [1.807, 2.05) is 12.1 Å². The SMILES string of the molecule is COc1cc2c(cc1OC)C(CC(=O)NCc1ccc(C)cc1)CC2. The first kappa shape index (κ1) is 17.3. The maximum absolute atomic E-state index is 12.4. The number of carbonyl (C=O) groups is 1. The molecular weight excluding hydrogens is 314 g/mol. The minimum Gasteiger partial charge on any atom is -0.493 e. The number of hydrogen-bond acceptors (Lipinski definition) is 3. The van der Waals surface area contributed by atoms with Crippen molar-refractivity contribution in [1.29, 1.82) is 0 Å². The van der Waals surface area contributed by atoms with Crippen LogP contribution in [0, 0.1) is 6.92 Å². The van der Waals surface area contributed by atoms with Gasteiger partial charge < -0.3 is 14.8 Å². The first-order valence-corrected chi connectivity index (χ1v) is 8.67. The second-order valence-corrected chi connectivity index (χ2v) is 6.61. The van der Waals surface area contributed by atoms with Crippen LogP contribution in [0.3, 0.4) is 0 Å². The quantitative estimate of drug-likeness (QED) is 0.872. The van der Waals surface area contributed by atoms with Crippen LogP contribution < -0.4 is 14.8 Å². The predicted octanol–water partition coefficient (Wildman–Crippen LogP) is 3.75. The molecule has 0 heterocycles. The average molecular weight is 339 g/mol. The molecule has 1 amide bonds. The summed E-state index contributed by atoms with van der Waals surface area (Å²) < 4.78 is 10.8. The van der Waals surface area contributed by atoms with Crippen molar-refractivity contribution in [1.82, 2.24) is 5.32 Å². The molecule has 1 aliphatic rings. The predicted molar refractivity (Wildman–Crippen MR) is 98.3 cm³/mol. The lowest BCUT2D eigenvalue weighted by Gasteiger charge is -2.15. The molecule has 0 radical (unpaired) electrons. The lowest BCUT2D eigenvalue weighted by molar-refractivity contribution is -0.121. The number of aryl methyl sites for hydroxylation is 2. The monoisotopic (exact) mass is 339 g/mol. The summed E-state index contributed by atoms with van der Waals surface area (Å²) in [6, 6.07) is 12.3. The van der Waals surface area contributed by atoms with Crippen molar-refractivity contribution < 1.29 is 14.3 Å². The Morgan fingerprint density at radius 1 is 1.12 bits per heavy atom. The van der Waals surface area contributed by atoms with E-state index in [-0.39, 0.29) is 11.8 Å². The topological polar surface area (TPSA) is 47.6 Å². The van der Waals surface area contributed by atoms with Gasteiger partial charge in [-0.15, -0.1) is 0 Å². The molecule has 0 fully saturated rings. The van der Waals surface area contributed by atoms with Crippen LogP contribution in [-0.2, 0) is 17.8 Å². The van der Waals surface area contributed by atoms with Crippen molar-refractivity contribution >= 4 is 5.91 Å². The zero-order valence-electron chi connectivity index (χ0n) is 15.1. The molecule has 0 aromatic heterocycles. The van der Waals surface area contributed by atoms with Gasteiger partial charge in [0.2, 0.25) is 5.91 Å². The molecule has 4 heteroatoms. The molecule has 3 rings (SSSR count). The maximum Gasteiger partial charge on any atom is 0.220 e. The van der Waals surface area contributed by atoms with Gasteiger partial charge in [-0.2, -0.15) is 0 Å². The van der Waals surface area contributed by atoms with Gasteiger partial charge in [0.25, 0.3) is 0 Å². The van der Waals surface area contributed by atoms with Gasteiger partial charge in [0.15, 0.2) is 11.5 Å². The molecule has 0 bridgehead atoms. The Bertz CT molecular complexity index is 752. The summed E-state index contributed by atoms with van der Waals surface area (Å²) >= 11 is 0. The molecule has 0 aliphatic heterocycles. The van der Waals surface area contributed by atoms with Crippen LogP contribution in [-0.4, -0.2) is 20.1 Å². The molecule has 4 nitrogen and oxygen atoms in total. The summed E-state index contributed by atoms with van der Waals surface area (Å²) in [6.07, 6.45) is 2.48. The van der Waals surface area contributed by atoms with Crippen molar-refractivity contribution in [2.75, 3.05) is 14.2 Å². The van der Waals surface area contributed by atoms with E-state index < -0.39 is 0 Å². The third-order valence-electron chi connectivity index (χ3n) is 4.89. The largest absolute Gasteiger partial charge is 0.493 e. The van der Waals surface area contributed by atoms with Gasteiger partial charge in [-0.3, -0.25) is 4.79 Å². The fourth-order valence-electron chi connectivity index (χ4n) is 3.43. The highest BCUT2D eigenvalue weighted by Crippen LogP contribution is 2.41. The lowest BCUT2D eigenvalue weighted by Crippen LogP contribution is -2.24. The van der Waals surface area contributed by atoms with Crippen LogP contribution in [0.5, 0.6) is 11.5 Å². The summed E-state index contributed by atoms with van der Waals surface area (Å²) in [5, 5.41) is 3.03. The Morgan fingerprint density at radius 3 is 2.48 bits per heavy atom. The Kier molecular flexibility index (Phi) is 5.27. The minimum atomic E-state index is 0.0909. The third kappa shape index (κ3) is 3.95. The van der Waals surface area contributed by atoms with E-state index in [0.29, 0.717) is 13.0 Å². The van der Waals surface area contributed by atoms with Crippen molar-refractivity contribution in [3.8, 4) is 11.5 Å².